The Kier molecular flexibility index (Phi) is 5.57. The predicted molar refractivity (Wildman–Crippen MR) is 204 cm³/mol. The summed E-state index contributed by atoms with van der Waals surface area (Å²) in [5, 5.41) is 10.6. The Morgan fingerprint density at radius 1 is 0.426 bits per heavy atom. The molecule has 9 aromatic rings. The second-order valence-electron chi connectivity index (χ2n) is 13.3. The van der Waals surface area contributed by atoms with Gasteiger partial charge in [0.2, 0.25) is 0 Å². The topological polar surface area (TPSA) is 3.24 Å². The van der Waals surface area contributed by atoms with Crippen LogP contribution >= 0.6 is 11.3 Å². The van der Waals surface area contributed by atoms with Crippen molar-refractivity contribution in [1.82, 2.24) is 0 Å². The van der Waals surface area contributed by atoms with Crippen LogP contribution in [-0.4, -0.2) is 0 Å². The van der Waals surface area contributed by atoms with E-state index in [4.69, 9.17) is 0 Å². The van der Waals surface area contributed by atoms with Gasteiger partial charge in [0.05, 0.1) is 0 Å². The molecular weight excluding hydrogens is 587 g/mol. The first-order valence-electron chi connectivity index (χ1n) is 16.4. The first-order chi connectivity index (χ1) is 23.1. The first kappa shape index (κ1) is 26.7. The lowest BCUT2D eigenvalue weighted by atomic mass is 9.78. The second-order valence-corrected chi connectivity index (χ2v) is 14.4. The Morgan fingerprint density at radius 3 is 1.85 bits per heavy atom. The minimum Gasteiger partial charge on any atom is -0.310 e. The number of hydrogen-bond donors (Lipinski definition) is 0. The van der Waals surface area contributed by atoms with E-state index >= 15 is 0 Å². The highest BCUT2D eigenvalue weighted by molar-refractivity contribution is 7.25. The van der Waals surface area contributed by atoms with E-state index in [1.807, 2.05) is 11.3 Å². The molecule has 1 aliphatic rings. The average Bonchev–Trinajstić information content (AvgIpc) is 3.61. The molecule has 8 aromatic carbocycles. The molecule has 2 heteroatoms. The molecule has 0 radical (unpaired) electrons. The first-order valence-corrected chi connectivity index (χ1v) is 17.2. The summed E-state index contributed by atoms with van der Waals surface area (Å²) in [5.41, 5.74) is 8.95. The van der Waals surface area contributed by atoms with Crippen LogP contribution < -0.4 is 4.90 Å². The average molecular weight is 618 g/mol. The molecule has 222 valence electrons. The van der Waals surface area contributed by atoms with Crippen LogP contribution in [0.2, 0.25) is 0 Å². The third kappa shape index (κ3) is 3.77. The Bertz CT molecular complexity index is 2720. The lowest BCUT2D eigenvalue weighted by Crippen LogP contribution is -2.16. The van der Waals surface area contributed by atoms with E-state index in [2.05, 4.69) is 170 Å². The highest BCUT2D eigenvalue weighted by atomic mass is 32.1. The van der Waals surface area contributed by atoms with Gasteiger partial charge in [-0.3, -0.25) is 0 Å². The van der Waals surface area contributed by atoms with Gasteiger partial charge in [-0.05, 0) is 103 Å². The third-order valence-corrected chi connectivity index (χ3v) is 11.5. The zero-order valence-corrected chi connectivity index (χ0v) is 27.1. The van der Waals surface area contributed by atoms with Gasteiger partial charge in [-0.15, -0.1) is 11.3 Å². The summed E-state index contributed by atoms with van der Waals surface area (Å²) in [6.07, 6.45) is 0. The zero-order valence-electron chi connectivity index (χ0n) is 26.3. The molecule has 0 atom stereocenters. The Morgan fingerprint density at radius 2 is 1.04 bits per heavy atom. The maximum Gasteiger partial charge on any atom is 0.0468 e. The molecule has 1 heterocycles. The maximum atomic E-state index is 2.42. The van der Waals surface area contributed by atoms with Crippen molar-refractivity contribution in [3.63, 3.8) is 0 Å². The fourth-order valence-corrected chi connectivity index (χ4v) is 9.50. The Balaban J connectivity index is 1.20. The summed E-state index contributed by atoms with van der Waals surface area (Å²) >= 11 is 1.86. The van der Waals surface area contributed by atoms with Gasteiger partial charge in [-0.1, -0.05) is 117 Å². The number of anilines is 3. The SMILES string of the molecule is CC1(C)c2c(ccc3cc(N(c4ccccc4)c4ccc5sc6ccccc6c5c4)ccc23)-c2c1c1ccccc1c1ccccc21. The van der Waals surface area contributed by atoms with Crippen molar-refractivity contribution in [2.24, 2.45) is 0 Å². The van der Waals surface area contributed by atoms with Crippen molar-refractivity contribution in [1.29, 1.82) is 0 Å². The highest BCUT2D eigenvalue weighted by Crippen LogP contribution is 2.56. The van der Waals surface area contributed by atoms with E-state index in [1.54, 1.807) is 0 Å². The van der Waals surface area contributed by atoms with E-state index < -0.39 is 0 Å². The summed E-state index contributed by atoms with van der Waals surface area (Å²) in [5.74, 6) is 0. The minimum absolute atomic E-state index is 0.153. The van der Waals surface area contributed by atoms with Crippen LogP contribution in [0.3, 0.4) is 0 Å². The summed E-state index contributed by atoms with van der Waals surface area (Å²) in [4.78, 5) is 2.40. The molecule has 0 spiro atoms. The predicted octanol–water partition coefficient (Wildman–Crippen LogP) is 13.3. The van der Waals surface area contributed by atoms with Gasteiger partial charge in [0, 0.05) is 42.6 Å². The third-order valence-electron chi connectivity index (χ3n) is 10.3. The molecule has 0 bridgehead atoms. The number of thiophene rings is 1. The smallest absolute Gasteiger partial charge is 0.0468 e. The lowest BCUT2D eigenvalue weighted by molar-refractivity contribution is 0.672. The molecule has 1 aromatic heterocycles. The number of hydrogen-bond acceptors (Lipinski definition) is 2. The number of benzene rings is 8. The number of rotatable bonds is 3. The molecule has 47 heavy (non-hydrogen) atoms. The van der Waals surface area contributed by atoms with E-state index in [0.717, 1.165) is 11.4 Å². The zero-order chi connectivity index (χ0) is 31.3. The van der Waals surface area contributed by atoms with Gasteiger partial charge in [-0.25, -0.2) is 0 Å². The Labute approximate surface area is 278 Å². The fourth-order valence-electron chi connectivity index (χ4n) is 8.41. The van der Waals surface area contributed by atoms with Crippen molar-refractivity contribution >= 4 is 80.9 Å². The van der Waals surface area contributed by atoms with E-state index in [9.17, 15) is 0 Å². The van der Waals surface area contributed by atoms with E-state index in [-0.39, 0.29) is 5.41 Å². The van der Waals surface area contributed by atoms with Crippen LogP contribution in [-0.2, 0) is 5.41 Å². The number of para-hydroxylation sites is 1. The van der Waals surface area contributed by atoms with Crippen LogP contribution in [0.1, 0.15) is 25.0 Å². The van der Waals surface area contributed by atoms with Gasteiger partial charge in [0.1, 0.15) is 0 Å². The summed E-state index contributed by atoms with van der Waals surface area (Å²) < 4.78 is 2.65. The molecule has 10 rings (SSSR count). The number of fused-ring (bicyclic) bond motifs is 13. The molecule has 0 unspecified atom stereocenters. The molecule has 0 fully saturated rings. The molecule has 1 nitrogen and oxygen atoms in total. The summed E-state index contributed by atoms with van der Waals surface area (Å²) in [7, 11) is 0. The van der Waals surface area contributed by atoms with Crippen molar-refractivity contribution in [2.45, 2.75) is 19.3 Å². The van der Waals surface area contributed by atoms with Gasteiger partial charge >= 0.3 is 0 Å². The molecule has 0 saturated heterocycles. The standard InChI is InChI=1S/C45H31NS/c1-45(2)43-32-24-21-30(46(29-12-4-3-5-13-29)31-22-25-41-39(27-31)35-16-10-11-19-40(35)47-41)26-28(32)20-23-38(43)42-36-17-8-6-14-33(36)34-15-7-9-18-37(34)44(42)45/h3-27H,1-2H3. The molecule has 1 aliphatic carbocycles. The monoisotopic (exact) mass is 617 g/mol. The molecule has 0 saturated carbocycles. The van der Waals surface area contributed by atoms with Gasteiger partial charge in [0.15, 0.2) is 0 Å². The maximum absolute atomic E-state index is 2.42. The highest BCUT2D eigenvalue weighted by Gasteiger charge is 2.39. The summed E-state index contributed by atoms with van der Waals surface area (Å²) in [6, 6.07) is 56.1. The van der Waals surface area contributed by atoms with E-state index in [0.29, 0.717) is 0 Å². The van der Waals surface area contributed by atoms with Crippen molar-refractivity contribution < 1.29 is 0 Å². The second kappa shape index (κ2) is 9.78. The molecule has 0 amide bonds. The minimum atomic E-state index is -0.153. The van der Waals surface area contributed by atoms with Crippen molar-refractivity contribution in [2.75, 3.05) is 4.90 Å². The van der Waals surface area contributed by atoms with Crippen LogP contribution in [0.4, 0.5) is 17.1 Å². The molecule has 0 aliphatic heterocycles. The van der Waals surface area contributed by atoms with E-state index in [1.165, 1.54) is 80.4 Å². The quantitative estimate of drug-likeness (QED) is 0.178. The fraction of sp³-hybridized carbons (Fsp3) is 0.0667. The van der Waals surface area contributed by atoms with Crippen LogP contribution in [0.15, 0.2) is 152 Å². The van der Waals surface area contributed by atoms with Crippen LogP contribution in [0.25, 0.3) is 63.6 Å². The van der Waals surface area contributed by atoms with Crippen molar-refractivity contribution in [3.8, 4) is 11.1 Å². The van der Waals surface area contributed by atoms with Crippen LogP contribution in [0, 0.1) is 0 Å². The lowest BCUT2D eigenvalue weighted by Gasteiger charge is -2.27. The van der Waals surface area contributed by atoms with Crippen molar-refractivity contribution in [3.05, 3.63) is 163 Å². The van der Waals surface area contributed by atoms with Gasteiger partial charge < -0.3 is 4.90 Å². The van der Waals surface area contributed by atoms with Crippen LogP contribution in [0.5, 0.6) is 0 Å². The molecule has 0 N–H and O–H groups in total. The number of nitrogens with zero attached hydrogens (tertiary/aromatic N) is 1. The Hall–Kier alpha value is -5.44. The molecular formula is C45H31NS. The summed E-state index contributed by atoms with van der Waals surface area (Å²) in [6.45, 7) is 4.84. The normalized spacial score (nSPS) is 13.5. The van der Waals surface area contributed by atoms with Gasteiger partial charge in [-0.2, -0.15) is 0 Å². The van der Waals surface area contributed by atoms with Gasteiger partial charge in [0.25, 0.3) is 0 Å². The largest absolute Gasteiger partial charge is 0.310 e.